The van der Waals surface area contributed by atoms with Crippen LogP contribution < -0.4 is 0 Å². The maximum Gasteiger partial charge on any atom is 0.192 e. The molecule has 0 aromatic heterocycles. The zero-order valence-electron chi connectivity index (χ0n) is 16.1. The lowest BCUT2D eigenvalue weighted by Gasteiger charge is -2.50. The van der Waals surface area contributed by atoms with Gasteiger partial charge in [-0.2, -0.15) is 0 Å². The number of hydrogen-bond acceptors (Lipinski definition) is 3. The molecule has 3 rings (SSSR count). The summed E-state index contributed by atoms with van der Waals surface area (Å²) in [5.41, 5.74) is 2.57. The molecule has 0 amide bonds. The molecule has 2 aliphatic carbocycles. The lowest BCUT2D eigenvalue weighted by molar-refractivity contribution is -0.115. The van der Waals surface area contributed by atoms with E-state index in [-0.39, 0.29) is 28.3 Å². The fraction of sp³-hybridized carbons (Fsp3) is 0.750. The zero-order valence-corrected chi connectivity index (χ0v) is 17.1. The van der Waals surface area contributed by atoms with Crippen molar-refractivity contribution < 1.29 is 14.0 Å². The Balaban J connectivity index is 1.93. The minimum atomic E-state index is -1.84. The summed E-state index contributed by atoms with van der Waals surface area (Å²) in [6, 6.07) is 0. The summed E-state index contributed by atoms with van der Waals surface area (Å²) >= 11 is 0. The smallest absolute Gasteiger partial charge is 0.192 e. The quantitative estimate of drug-likeness (QED) is 0.550. The third-order valence-electron chi connectivity index (χ3n) is 6.70. The molecule has 1 heterocycles. The van der Waals surface area contributed by atoms with Crippen LogP contribution in [0.25, 0.3) is 0 Å². The van der Waals surface area contributed by atoms with Gasteiger partial charge in [0.25, 0.3) is 0 Å². The SMILES string of the molecule is CC1=C[C@@H]2OC[C@H]3CC(=O)C=C3[C@@]2(CO[Si](C)(C)C(C)(C)C)CC1. The van der Waals surface area contributed by atoms with E-state index in [0.717, 1.165) is 12.8 Å². The molecule has 0 spiro atoms. The molecule has 3 aliphatic rings. The second-order valence-corrected chi connectivity index (χ2v) is 14.2. The van der Waals surface area contributed by atoms with Crippen molar-refractivity contribution in [1.82, 2.24) is 0 Å². The highest BCUT2D eigenvalue weighted by Crippen LogP contribution is 2.53. The van der Waals surface area contributed by atoms with E-state index in [1.165, 1.54) is 11.1 Å². The van der Waals surface area contributed by atoms with Crippen molar-refractivity contribution in [2.24, 2.45) is 11.3 Å². The third kappa shape index (κ3) is 2.97. The maximum absolute atomic E-state index is 12.1. The van der Waals surface area contributed by atoms with Crippen LogP contribution in [-0.4, -0.2) is 33.4 Å². The van der Waals surface area contributed by atoms with Gasteiger partial charge in [0, 0.05) is 24.4 Å². The van der Waals surface area contributed by atoms with Gasteiger partial charge in [-0.1, -0.05) is 32.4 Å². The third-order valence-corrected chi connectivity index (χ3v) is 11.2. The molecule has 0 saturated carbocycles. The van der Waals surface area contributed by atoms with Gasteiger partial charge in [0.1, 0.15) is 0 Å². The first-order chi connectivity index (χ1) is 11.1. The Morgan fingerprint density at radius 3 is 2.75 bits per heavy atom. The van der Waals surface area contributed by atoms with Gasteiger partial charge in [-0.25, -0.2) is 0 Å². The Bertz CT molecular complexity index is 596. The van der Waals surface area contributed by atoms with Crippen molar-refractivity contribution in [3.8, 4) is 0 Å². The topological polar surface area (TPSA) is 35.5 Å². The van der Waals surface area contributed by atoms with Crippen LogP contribution in [0.15, 0.2) is 23.3 Å². The molecular weight excluding hydrogens is 316 g/mol. The van der Waals surface area contributed by atoms with Gasteiger partial charge < -0.3 is 9.16 Å². The molecular formula is C20H32O3Si. The van der Waals surface area contributed by atoms with E-state index in [1.807, 2.05) is 6.08 Å². The number of rotatable bonds is 3. The van der Waals surface area contributed by atoms with E-state index in [2.05, 4.69) is 46.9 Å². The van der Waals surface area contributed by atoms with Gasteiger partial charge in [0.15, 0.2) is 14.1 Å². The molecule has 3 nitrogen and oxygen atoms in total. The molecule has 0 N–H and O–H groups in total. The van der Waals surface area contributed by atoms with Crippen LogP contribution in [0.2, 0.25) is 18.1 Å². The van der Waals surface area contributed by atoms with Crippen molar-refractivity contribution in [1.29, 1.82) is 0 Å². The number of carbonyl (C=O) groups excluding carboxylic acids is 1. The minimum absolute atomic E-state index is 0.0596. The van der Waals surface area contributed by atoms with E-state index in [0.29, 0.717) is 19.6 Å². The Labute approximate surface area is 147 Å². The Kier molecular flexibility index (Phi) is 4.47. The summed E-state index contributed by atoms with van der Waals surface area (Å²) in [6.45, 7) is 15.0. The molecule has 24 heavy (non-hydrogen) atoms. The van der Waals surface area contributed by atoms with E-state index < -0.39 is 8.32 Å². The summed E-state index contributed by atoms with van der Waals surface area (Å²) in [7, 11) is -1.84. The molecule has 3 atom stereocenters. The van der Waals surface area contributed by atoms with Crippen molar-refractivity contribution in [2.45, 2.75) is 71.2 Å². The number of hydrogen-bond donors (Lipinski definition) is 0. The monoisotopic (exact) mass is 348 g/mol. The molecule has 0 bridgehead atoms. The van der Waals surface area contributed by atoms with Crippen LogP contribution in [0.3, 0.4) is 0 Å². The van der Waals surface area contributed by atoms with Gasteiger partial charge in [-0.3, -0.25) is 4.79 Å². The highest BCUT2D eigenvalue weighted by Gasteiger charge is 2.52. The molecule has 0 aromatic carbocycles. The summed E-state index contributed by atoms with van der Waals surface area (Å²) in [5.74, 6) is 0.529. The van der Waals surface area contributed by atoms with Gasteiger partial charge in [0.05, 0.1) is 12.7 Å². The van der Waals surface area contributed by atoms with Crippen LogP contribution in [0.4, 0.5) is 0 Å². The van der Waals surface area contributed by atoms with Crippen LogP contribution in [0.1, 0.15) is 47.0 Å². The molecule has 1 saturated heterocycles. The lowest BCUT2D eigenvalue weighted by atomic mass is 9.64. The molecule has 0 radical (unpaired) electrons. The fourth-order valence-electron chi connectivity index (χ4n) is 3.97. The lowest BCUT2D eigenvalue weighted by Crippen LogP contribution is -2.52. The van der Waals surface area contributed by atoms with Crippen molar-refractivity contribution >= 4 is 14.1 Å². The second-order valence-electron chi connectivity index (χ2n) is 9.44. The number of ketones is 1. The van der Waals surface area contributed by atoms with E-state index >= 15 is 0 Å². The highest BCUT2D eigenvalue weighted by atomic mass is 28.4. The van der Waals surface area contributed by atoms with Gasteiger partial charge in [0.2, 0.25) is 0 Å². The standard InChI is InChI=1S/C20H32O3Si/c1-14-7-8-20(13-23-24(5,6)19(2,3)4)17-11-16(21)10-15(17)12-22-18(20)9-14/h9,11,15,18H,7-8,10,12-13H2,1-6H3/t15-,18+,20+/m1/s1. The molecule has 1 fully saturated rings. The predicted octanol–water partition coefficient (Wildman–Crippen LogP) is 4.65. The highest BCUT2D eigenvalue weighted by molar-refractivity contribution is 6.74. The minimum Gasteiger partial charge on any atom is -0.416 e. The zero-order chi connectivity index (χ0) is 17.8. The van der Waals surface area contributed by atoms with E-state index in [1.54, 1.807) is 0 Å². The number of fused-ring (bicyclic) bond motifs is 3. The summed E-state index contributed by atoms with van der Waals surface area (Å²) in [5, 5.41) is 0.189. The average molecular weight is 349 g/mol. The molecule has 134 valence electrons. The molecule has 0 aromatic rings. The molecule has 0 unspecified atom stereocenters. The Hall–Kier alpha value is -0.713. The number of allylic oxidation sites excluding steroid dienone is 2. The fourth-order valence-corrected chi connectivity index (χ4v) is 5.02. The normalized spacial score (nSPS) is 33.7. The molecule has 1 aliphatic heterocycles. The van der Waals surface area contributed by atoms with Crippen LogP contribution in [-0.2, 0) is 14.0 Å². The maximum atomic E-state index is 12.1. The molecule has 4 heteroatoms. The van der Waals surface area contributed by atoms with E-state index in [4.69, 9.17) is 9.16 Å². The second kappa shape index (κ2) is 5.92. The summed E-state index contributed by atoms with van der Waals surface area (Å²) < 4.78 is 12.9. The van der Waals surface area contributed by atoms with Crippen LogP contribution in [0.5, 0.6) is 0 Å². The van der Waals surface area contributed by atoms with Gasteiger partial charge >= 0.3 is 0 Å². The Morgan fingerprint density at radius 1 is 1.38 bits per heavy atom. The first-order valence-electron chi connectivity index (χ1n) is 9.23. The summed E-state index contributed by atoms with van der Waals surface area (Å²) in [4.78, 5) is 12.1. The van der Waals surface area contributed by atoms with Crippen molar-refractivity contribution in [3.63, 3.8) is 0 Å². The first-order valence-corrected chi connectivity index (χ1v) is 12.1. The first kappa shape index (κ1) is 18.1. The van der Waals surface area contributed by atoms with Gasteiger partial charge in [-0.05, 0) is 49.5 Å². The van der Waals surface area contributed by atoms with Crippen molar-refractivity contribution in [2.75, 3.05) is 13.2 Å². The van der Waals surface area contributed by atoms with Crippen LogP contribution in [0, 0.1) is 11.3 Å². The summed E-state index contributed by atoms with van der Waals surface area (Å²) in [6.07, 6.45) is 6.97. The van der Waals surface area contributed by atoms with Gasteiger partial charge in [-0.15, -0.1) is 0 Å². The average Bonchev–Trinajstić information content (AvgIpc) is 2.85. The number of ether oxygens (including phenoxy) is 1. The van der Waals surface area contributed by atoms with E-state index in [9.17, 15) is 4.79 Å². The predicted molar refractivity (Wildman–Crippen MR) is 99.5 cm³/mol. The van der Waals surface area contributed by atoms with Crippen molar-refractivity contribution in [3.05, 3.63) is 23.3 Å². The number of carbonyl (C=O) groups is 1. The Morgan fingerprint density at radius 2 is 2.08 bits per heavy atom. The van der Waals surface area contributed by atoms with Crippen LogP contribution >= 0.6 is 0 Å². The largest absolute Gasteiger partial charge is 0.416 e.